The summed E-state index contributed by atoms with van der Waals surface area (Å²) in [6, 6.07) is 7.82. The van der Waals surface area contributed by atoms with Crippen LogP contribution in [0.3, 0.4) is 0 Å². The lowest BCUT2D eigenvalue weighted by atomic mass is 10.4. The third-order valence-electron chi connectivity index (χ3n) is 1.03. The molecule has 0 aliphatic carbocycles. The second kappa shape index (κ2) is 3.14. The summed E-state index contributed by atoms with van der Waals surface area (Å²) in [6.07, 6.45) is 2.03. The summed E-state index contributed by atoms with van der Waals surface area (Å²) in [5, 5.41) is 0.807. The summed E-state index contributed by atoms with van der Waals surface area (Å²) in [7, 11) is 0. The summed E-state index contributed by atoms with van der Waals surface area (Å²) < 4.78 is 0. The van der Waals surface area contributed by atoms with E-state index in [0.717, 1.165) is 5.02 Å². The highest BCUT2D eigenvalue weighted by Gasteiger charge is 1.88. The van der Waals surface area contributed by atoms with E-state index in [1.807, 2.05) is 30.5 Å². The molecule has 48 valence electrons. The Morgan fingerprint density at radius 1 is 1.44 bits per heavy atom. The minimum absolute atomic E-state index is 0.807. The quantitative estimate of drug-likeness (QED) is 0.567. The standard InChI is InChI=1S/C7H7ClS/c1-9-7-4-2-3-6(8)5-7/h2-5H,1H3. The van der Waals surface area contributed by atoms with Crippen LogP contribution in [0.4, 0.5) is 0 Å². The first-order chi connectivity index (χ1) is 4.33. The van der Waals surface area contributed by atoms with Crippen LogP contribution >= 0.6 is 23.4 Å². The van der Waals surface area contributed by atoms with Gasteiger partial charge in [0.1, 0.15) is 0 Å². The Morgan fingerprint density at radius 2 is 2.22 bits per heavy atom. The lowest BCUT2D eigenvalue weighted by Crippen LogP contribution is -1.66. The highest BCUT2D eigenvalue weighted by molar-refractivity contribution is 7.98. The van der Waals surface area contributed by atoms with E-state index in [9.17, 15) is 0 Å². The number of rotatable bonds is 1. The average Bonchev–Trinajstić information content (AvgIpc) is 1.88. The molecule has 0 atom stereocenters. The van der Waals surface area contributed by atoms with Gasteiger partial charge in [0.15, 0.2) is 0 Å². The molecule has 0 aliphatic heterocycles. The van der Waals surface area contributed by atoms with Crippen LogP contribution in [0, 0.1) is 0 Å². The molecule has 0 radical (unpaired) electrons. The van der Waals surface area contributed by atoms with E-state index in [1.54, 1.807) is 11.8 Å². The SMILES string of the molecule is CSc1cccc(Cl)c1. The molecule has 0 fully saturated rings. The first-order valence-corrected chi connectivity index (χ1v) is 4.23. The molecule has 0 unspecified atom stereocenters. The Bertz CT molecular complexity index is 198. The van der Waals surface area contributed by atoms with Gasteiger partial charge >= 0.3 is 0 Å². The molecular formula is C7H7ClS. The third kappa shape index (κ3) is 1.92. The summed E-state index contributed by atoms with van der Waals surface area (Å²) in [4.78, 5) is 1.21. The van der Waals surface area contributed by atoms with Gasteiger partial charge in [0.05, 0.1) is 0 Å². The topological polar surface area (TPSA) is 0 Å². The minimum atomic E-state index is 0.807. The highest BCUT2D eigenvalue weighted by atomic mass is 35.5. The van der Waals surface area contributed by atoms with E-state index in [1.165, 1.54) is 4.90 Å². The zero-order valence-corrected chi connectivity index (χ0v) is 6.67. The van der Waals surface area contributed by atoms with Crippen molar-refractivity contribution in [1.29, 1.82) is 0 Å². The fourth-order valence-corrected chi connectivity index (χ4v) is 1.31. The Labute approximate surface area is 64.2 Å². The second-order valence-electron chi connectivity index (χ2n) is 1.66. The predicted molar refractivity (Wildman–Crippen MR) is 43.2 cm³/mol. The van der Waals surface area contributed by atoms with E-state index >= 15 is 0 Å². The van der Waals surface area contributed by atoms with Crippen LogP contribution in [-0.4, -0.2) is 6.26 Å². The molecule has 0 aromatic heterocycles. The molecule has 0 saturated carbocycles. The van der Waals surface area contributed by atoms with E-state index in [2.05, 4.69) is 0 Å². The van der Waals surface area contributed by atoms with Crippen molar-refractivity contribution < 1.29 is 0 Å². The molecule has 0 spiro atoms. The second-order valence-corrected chi connectivity index (χ2v) is 2.98. The fraction of sp³-hybridized carbons (Fsp3) is 0.143. The number of hydrogen-bond acceptors (Lipinski definition) is 1. The third-order valence-corrected chi connectivity index (χ3v) is 1.99. The molecule has 0 aliphatic rings. The van der Waals surface area contributed by atoms with Crippen LogP contribution in [0.2, 0.25) is 5.02 Å². The van der Waals surface area contributed by atoms with Crippen LogP contribution in [-0.2, 0) is 0 Å². The summed E-state index contributed by atoms with van der Waals surface area (Å²) >= 11 is 7.41. The maximum atomic E-state index is 5.71. The molecule has 1 aromatic carbocycles. The van der Waals surface area contributed by atoms with Crippen molar-refractivity contribution in [1.82, 2.24) is 0 Å². The summed E-state index contributed by atoms with van der Waals surface area (Å²) in [5.74, 6) is 0. The molecule has 0 bridgehead atoms. The monoisotopic (exact) mass is 158 g/mol. The minimum Gasteiger partial charge on any atom is -0.130 e. The van der Waals surface area contributed by atoms with Crippen molar-refractivity contribution in [2.45, 2.75) is 4.90 Å². The van der Waals surface area contributed by atoms with Gasteiger partial charge in [-0.2, -0.15) is 0 Å². The van der Waals surface area contributed by atoms with Crippen molar-refractivity contribution in [2.75, 3.05) is 6.26 Å². The van der Waals surface area contributed by atoms with Crippen molar-refractivity contribution in [2.24, 2.45) is 0 Å². The van der Waals surface area contributed by atoms with Crippen LogP contribution in [0.15, 0.2) is 29.2 Å². The smallest absolute Gasteiger partial charge is 0.0417 e. The van der Waals surface area contributed by atoms with E-state index < -0.39 is 0 Å². The number of thioether (sulfide) groups is 1. The van der Waals surface area contributed by atoms with Crippen LogP contribution in [0.5, 0.6) is 0 Å². The number of hydrogen-bond donors (Lipinski definition) is 0. The molecule has 0 saturated heterocycles. The van der Waals surface area contributed by atoms with Gasteiger partial charge in [0, 0.05) is 9.92 Å². The predicted octanol–water partition coefficient (Wildman–Crippen LogP) is 3.06. The van der Waals surface area contributed by atoms with Crippen molar-refractivity contribution in [3.8, 4) is 0 Å². The average molecular weight is 159 g/mol. The van der Waals surface area contributed by atoms with E-state index in [-0.39, 0.29) is 0 Å². The van der Waals surface area contributed by atoms with Crippen LogP contribution < -0.4 is 0 Å². The zero-order valence-electron chi connectivity index (χ0n) is 5.10. The van der Waals surface area contributed by atoms with Crippen LogP contribution in [0.25, 0.3) is 0 Å². The first-order valence-electron chi connectivity index (χ1n) is 2.62. The largest absolute Gasteiger partial charge is 0.130 e. The van der Waals surface area contributed by atoms with Gasteiger partial charge in [-0.05, 0) is 24.5 Å². The highest BCUT2D eigenvalue weighted by Crippen LogP contribution is 2.18. The Kier molecular flexibility index (Phi) is 2.43. The number of benzene rings is 1. The van der Waals surface area contributed by atoms with Crippen molar-refractivity contribution >= 4 is 23.4 Å². The summed E-state index contributed by atoms with van der Waals surface area (Å²) in [5.41, 5.74) is 0. The zero-order chi connectivity index (χ0) is 6.69. The number of halogens is 1. The van der Waals surface area contributed by atoms with Gasteiger partial charge in [-0.15, -0.1) is 11.8 Å². The van der Waals surface area contributed by atoms with Gasteiger partial charge in [-0.3, -0.25) is 0 Å². The Morgan fingerprint density at radius 3 is 2.67 bits per heavy atom. The molecular weight excluding hydrogens is 152 g/mol. The lowest BCUT2D eigenvalue weighted by molar-refractivity contribution is 1.47. The fourth-order valence-electron chi connectivity index (χ4n) is 0.594. The molecule has 1 aromatic rings. The first kappa shape index (κ1) is 6.97. The van der Waals surface area contributed by atoms with Gasteiger partial charge in [-0.1, -0.05) is 17.7 Å². The van der Waals surface area contributed by atoms with Gasteiger partial charge in [0.25, 0.3) is 0 Å². The van der Waals surface area contributed by atoms with Gasteiger partial charge < -0.3 is 0 Å². The molecule has 1 rings (SSSR count). The lowest BCUT2D eigenvalue weighted by Gasteiger charge is -1.93. The molecule has 0 heterocycles. The van der Waals surface area contributed by atoms with Crippen molar-refractivity contribution in [3.05, 3.63) is 29.3 Å². The normalized spacial score (nSPS) is 9.56. The van der Waals surface area contributed by atoms with E-state index in [0.29, 0.717) is 0 Å². The van der Waals surface area contributed by atoms with Crippen LogP contribution in [0.1, 0.15) is 0 Å². The molecule has 2 heteroatoms. The summed E-state index contributed by atoms with van der Waals surface area (Å²) in [6.45, 7) is 0. The maximum absolute atomic E-state index is 5.71. The Balaban J connectivity index is 2.94. The maximum Gasteiger partial charge on any atom is 0.0417 e. The van der Waals surface area contributed by atoms with Gasteiger partial charge in [0.2, 0.25) is 0 Å². The molecule has 0 amide bonds. The molecule has 0 nitrogen and oxygen atoms in total. The van der Waals surface area contributed by atoms with Gasteiger partial charge in [-0.25, -0.2) is 0 Å². The molecule has 9 heavy (non-hydrogen) atoms. The molecule has 0 N–H and O–H groups in total. The van der Waals surface area contributed by atoms with Crippen molar-refractivity contribution in [3.63, 3.8) is 0 Å². The Hall–Kier alpha value is -0.140. The van der Waals surface area contributed by atoms with E-state index in [4.69, 9.17) is 11.6 Å².